The fourth-order valence-electron chi connectivity index (χ4n) is 1.93. The smallest absolute Gasteiger partial charge is 0.192 e. The monoisotopic (exact) mass is 202 g/mol. The lowest BCUT2D eigenvalue weighted by Crippen LogP contribution is -1.98. The minimum Gasteiger partial charge on any atom is -0.501 e. The number of hydrogen-bond acceptors (Lipinski definition) is 2. The van der Waals surface area contributed by atoms with Gasteiger partial charge in [-0.25, -0.2) is 0 Å². The van der Waals surface area contributed by atoms with Crippen LogP contribution < -0.4 is 0 Å². The summed E-state index contributed by atoms with van der Waals surface area (Å²) in [5, 5.41) is 0. The summed E-state index contributed by atoms with van der Waals surface area (Å²) in [6.07, 6.45) is 1.60. The molecule has 1 aliphatic rings. The van der Waals surface area contributed by atoms with Crippen LogP contribution in [0.5, 0.6) is 0 Å². The molecule has 1 atom stereocenters. The Bertz CT molecular complexity index is 418. The molecule has 0 N–H and O–H groups in total. The molecule has 0 spiro atoms. The van der Waals surface area contributed by atoms with Crippen molar-refractivity contribution >= 4 is 5.78 Å². The first-order chi connectivity index (χ1) is 7.25. The van der Waals surface area contributed by atoms with Crippen molar-refractivity contribution in [2.45, 2.75) is 19.8 Å². The molecule has 2 rings (SSSR count). The average molecular weight is 202 g/mol. The molecule has 0 aliphatic heterocycles. The van der Waals surface area contributed by atoms with Crippen LogP contribution in [0, 0.1) is 0 Å². The Kier molecular flexibility index (Phi) is 2.58. The normalized spacial score (nSPS) is 21.9. The van der Waals surface area contributed by atoms with Gasteiger partial charge < -0.3 is 4.74 Å². The minimum absolute atomic E-state index is 0.103. The number of ketones is 1. The lowest BCUT2D eigenvalue weighted by molar-refractivity contribution is 0.103. The van der Waals surface area contributed by atoms with Gasteiger partial charge in [0.1, 0.15) is 0 Å². The van der Waals surface area contributed by atoms with Crippen LogP contribution in [0.1, 0.15) is 35.7 Å². The van der Waals surface area contributed by atoms with Crippen molar-refractivity contribution in [3.05, 3.63) is 47.2 Å². The van der Waals surface area contributed by atoms with Gasteiger partial charge in [-0.3, -0.25) is 4.79 Å². The van der Waals surface area contributed by atoms with Gasteiger partial charge in [0.25, 0.3) is 0 Å². The molecule has 0 saturated carbocycles. The Morgan fingerprint density at radius 3 is 2.80 bits per heavy atom. The van der Waals surface area contributed by atoms with Crippen molar-refractivity contribution in [3.8, 4) is 0 Å². The fraction of sp³-hybridized carbons (Fsp3) is 0.308. The first-order valence-electron chi connectivity index (χ1n) is 5.21. The Hall–Kier alpha value is -1.57. The highest BCUT2D eigenvalue weighted by atomic mass is 16.5. The van der Waals surface area contributed by atoms with Crippen molar-refractivity contribution in [2.24, 2.45) is 0 Å². The summed E-state index contributed by atoms with van der Waals surface area (Å²) in [6, 6.07) is 7.74. The second-order valence-electron chi connectivity index (χ2n) is 3.67. The Balaban J connectivity index is 2.41. The van der Waals surface area contributed by atoms with Crippen molar-refractivity contribution in [2.75, 3.05) is 6.61 Å². The lowest BCUT2D eigenvalue weighted by Gasteiger charge is -2.04. The molecule has 2 nitrogen and oxygen atoms in total. The third-order valence-electron chi connectivity index (χ3n) is 2.78. The third kappa shape index (κ3) is 1.56. The number of hydrogen-bond donors (Lipinski definition) is 0. The highest BCUT2D eigenvalue weighted by Crippen LogP contribution is 2.36. The number of carbonyl (C=O) groups excluding carboxylic acids is 1. The van der Waals surface area contributed by atoms with Gasteiger partial charge in [-0.05, 0) is 12.5 Å². The molecular formula is C13H14O2. The molecule has 0 heterocycles. The van der Waals surface area contributed by atoms with E-state index in [9.17, 15) is 4.79 Å². The van der Waals surface area contributed by atoms with Gasteiger partial charge in [0.2, 0.25) is 0 Å². The summed E-state index contributed by atoms with van der Waals surface area (Å²) in [4.78, 5) is 12.0. The van der Waals surface area contributed by atoms with E-state index in [0.29, 0.717) is 6.61 Å². The maximum absolute atomic E-state index is 12.0. The maximum Gasteiger partial charge on any atom is 0.192 e. The quantitative estimate of drug-likeness (QED) is 0.544. The van der Waals surface area contributed by atoms with Crippen molar-refractivity contribution in [3.63, 3.8) is 0 Å². The van der Waals surface area contributed by atoms with Crippen molar-refractivity contribution in [1.82, 2.24) is 0 Å². The Labute approximate surface area is 89.6 Å². The summed E-state index contributed by atoms with van der Waals surface area (Å²) in [6.45, 7) is 4.54. The van der Waals surface area contributed by atoms with E-state index in [-0.39, 0.29) is 11.7 Å². The van der Waals surface area contributed by atoms with Crippen LogP contribution in [-0.2, 0) is 4.74 Å². The number of benzene rings is 1. The van der Waals surface area contributed by atoms with Crippen LogP contribution in [0.25, 0.3) is 0 Å². The van der Waals surface area contributed by atoms with Gasteiger partial charge in [-0.2, -0.15) is 0 Å². The van der Waals surface area contributed by atoms with Gasteiger partial charge in [-0.15, -0.1) is 0 Å². The number of allylic oxidation sites excluding steroid dienone is 1. The van der Waals surface area contributed by atoms with E-state index >= 15 is 0 Å². The number of rotatable bonds is 2. The maximum atomic E-state index is 12.0. The minimum atomic E-state index is 0.103. The van der Waals surface area contributed by atoms with E-state index in [2.05, 4.69) is 0 Å². The zero-order valence-corrected chi connectivity index (χ0v) is 8.99. The SMILES string of the molecule is CCO/C=C1/C(=O)c2ccccc2C1C. The van der Waals surface area contributed by atoms with Crippen LogP contribution in [0.15, 0.2) is 36.1 Å². The van der Waals surface area contributed by atoms with Crippen LogP contribution in [0.2, 0.25) is 0 Å². The van der Waals surface area contributed by atoms with Gasteiger partial charge in [0.05, 0.1) is 12.9 Å². The standard InChI is InChI=1S/C13H14O2/c1-3-15-8-12-9(2)10-6-4-5-7-11(10)13(12)14/h4-9H,3H2,1-2H3/b12-8+. The van der Waals surface area contributed by atoms with E-state index in [1.54, 1.807) is 6.26 Å². The third-order valence-corrected chi connectivity index (χ3v) is 2.78. The molecule has 0 aromatic heterocycles. The van der Waals surface area contributed by atoms with Crippen LogP contribution in [0.4, 0.5) is 0 Å². The predicted molar refractivity (Wildman–Crippen MR) is 58.9 cm³/mol. The van der Waals surface area contributed by atoms with E-state index in [0.717, 1.165) is 16.7 Å². The number of Topliss-reactive ketones (excluding diaryl/α,β-unsaturated/α-hetero) is 1. The zero-order chi connectivity index (χ0) is 10.8. The summed E-state index contributed by atoms with van der Waals surface area (Å²) >= 11 is 0. The molecular weight excluding hydrogens is 188 g/mol. The molecule has 78 valence electrons. The molecule has 2 heteroatoms. The second-order valence-corrected chi connectivity index (χ2v) is 3.67. The molecule has 1 aromatic carbocycles. The molecule has 0 radical (unpaired) electrons. The Morgan fingerprint density at radius 1 is 1.40 bits per heavy atom. The second kappa shape index (κ2) is 3.89. The van der Waals surface area contributed by atoms with Gasteiger partial charge in [0.15, 0.2) is 5.78 Å². The predicted octanol–water partition coefficient (Wildman–Crippen LogP) is 2.91. The van der Waals surface area contributed by atoms with E-state index < -0.39 is 0 Å². The largest absolute Gasteiger partial charge is 0.501 e. The molecule has 1 unspecified atom stereocenters. The summed E-state index contributed by atoms with van der Waals surface area (Å²) in [7, 11) is 0. The van der Waals surface area contributed by atoms with E-state index in [1.165, 1.54) is 0 Å². The molecule has 1 aromatic rings. The first kappa shape index (κ1) is 9.97. The summed E-state index contributed by atoms with van der Waals surface area (Å²) < 4.78 is 5.21. The molecule has 0 bridgehead atoms. The zero-order valence-electron chi connectivity index (χ0n) is 8.99. The summed E-state index contributed by atoms with van der Waals surface area (Å²) in [5.74, 6) is 0.256. The molecule has 0 fully saturated rings. The van der Waals surface area contributed by atoms with Gasteiger partial charge >= 0.3 is 0 Å². The van der Waals surface area contributed by atoms with Crippen LogP contribution >= 0.6 is 0 Å². The van der Waals surface area contributed by atoms with Crippen molar-refractivity contribution < 1.29 is 9.53 Å². The van der Waals surface area contributed by atoms with Crippen LogP contribution in [-0.4, -0.2) is 12.4 Å². The van der Waals surface area contributed by atoms with E-state index in [1.807, 2.05) is 38.1 Å². The highest BCUT2D eigenvalue weighted by Gasteiger charge is 2.31. The number of ether oxygens (including phenoxy) is 1. The molecule has 1 aliphatic carbocycles. The number of carbonyl (C=O) groups is 1. The Morgan fingerprint density at radius 2 is 2.13 bits per heavy atom. The van der Waals surface area contributed by atoms with Crippen molar-refractivity contribution in [1.29, 1.82) is 0 Å². The van der Waals surface area contributed by atoms with E-state index in [4.69, 9.17) is 4.74 Å². The van der Waals surface area contributed by atoms with Gasteiger partial charge in [-0.1, -0.05) is 31.2 Å². The highest BCUT2D eigenvalue weighted by molar-refractivity contribution is 6.14. The summed E-state index contributed by atoms with van der Waals surface area (Å²) in [5.41, 5.74) is 2.68. The topological polar surface area (TPSA) is 26.3 Å². The first-order valence-corrected chi connectivity index (χ1v) is 5.21. The average Bonchev–Trinajstić information content (AvgIpc) is 2.51. The van der Waals surface area contributed by atoms with Crippen LogP contribution in [0.3, 0.4) is 0 Å². The fourth-order valence-corrected chi connectivity index (χ4v) is 1.93. The number of fused-ring (bicyclic) bond motifs is 1. The molecule has 0 amide bonds. The molecule has 0 saturated heterocycles. The van der Waals surface area contributed by atoms with Gasteiger partial charge in [0, 0.05) is 17.1 Å². The lowest BCUT2D eigenvalue weighted by atomic mass is 10.0. The molecule has 15 heavy (non-hydrogen) atoms.